The molecule has 0 aliphatic heterocycles. The van der Waals surface area contributed by atoms with E-state index in [0.717, 1.165) is 6.07 Å². The van der Waals surface area contributed by atoms with Crippen molar-refractivity contribution < 1.29 is 19.4 Å². The van der Waals surface area contributed by atoms with Gasteiger partial charge in [0, 0.05) is 11.0 Å². The van der Waals surface area contributed by atoms with Crippen molar-refractivity contribution in [1.82, 2.24) is 0 Å². The van der Waals surface area contributed by atoms with Crippen molar-refractivity contribution in [2.24, 2.45) is 0 Å². The maximum Gasteiger partial charge on any atom is 0.176 e. The van der Waals surface area contributed by atoms with Crippen LogP contribution in [0.2, 0.25) is 0 Å². The summed E-state index contributed by atoms with van der Waals surface area (Å²) in [5.41, 5.74) is 0.140. The molecule has 0 aliphatic rings. The van der Waals surface area contributed by atoms with Gasteiger partial charge in [-0.05, 0) is 30.3 Å². The van der Waals surface area contributed by atoms with Crippen molar-refractivity contribution in [2.75, 3.05) is 5.75 Å². The Morgan fingerprint density at radius 2 is 1.95 bits per heavy atom. The smallest absolute Gasteiger partial charge is 0.176 e. The van der Waals surface area contributed by atoms with Crippen molar-refractivity contribution in [3.05, 3.63) is 53.8 Å². The van der Waals surface area contributed by atoms with Crippen molar-refractivity contribution in [1.29, 1.82) is 0 Å². The number of rotatable bonds is 4. The lowest BCUT2D eigenvalue weighted by Gasteiger charge is -2.04. The topological polar surface area (TPSA) is 57.5 Å². The molecule has 98 valence electrons. The van der Waals surface area contributed by atoms with Gasteiger partial charge in [0.2, 0.25) is 0 Å². The number of aromatic hydroxyl groups is 2. The third kappa shape index (κ3) is 3.48. The molecule has 0 bridgehead atoms. The van der Waals surface area contributed by atoms with E-state index in [0.29, 0.717) is 4.90 Å². The summed E-state index contributed by atoms with van der Waals surface area (Å²) in [6.07, 6.45) is 0. The van der Waals surface area contributed by atoms with Crippen LogP contribution in [-0.4, -0.2) is 21.7 Å². The number of carbonyl (C=O) groups is 1. The Labute approximate surface area is 113 Å². The second-order valence-corrected chi connectivity index (χ2v) is 4.92. The first kappa shape index (κ1) is 13.4. The molecule has 0 atom stereocenters. The predicted octanol–water partition coefficient (Wildman–Crippen LogP) is 3.21. The lowest BCUT2D eigenvalue weighted by atomic mass is 10.1. The molecule has 5 heteroatoms. The van der Waals surface area contributed by atoms with Gasteiger partial charge in [0.05, 0.1) is 11.3 Å². The number of Topliss-reactive ketones (excluding diaryl/α,β-unsaturated/α-hetero) is 1. The molecular formula is C14H11FO3S. The van der Waals surface area contributed by atoms with Crippen molar-refractivity contribution in [2.45, 2.75) is 4.90 Å². The quantitative estimate of drug-likeness (QED) is 0.666. The minimum absolute atomic E-state index is 0.0851. The summed E-state index contributed by atoms with van der Waals surface area (Å²) in [5, 5.41) is 18.7. The second kappa shape index (κ2) is 5.75. The van der Waals surface area contributed by atoms with E-state index in [1.807, 2.05) is 0 Å². The van der Waals surface area contributed by atoms with Gasteiger partial charge in [-0.15, -0.1) is 11.8 Å². The maximum absolute atomic E-state index is 13.0. The van der Waals surface area contributed by atoms with Gasteiger partial charge >= 0.3 is 0 Å². The predicted molar refractivity (Wildman–Crippen MR) is 71.2 cm³/mol. The van der Waals surface area contributed by atoms with E-state index in [-0.39, 0.29) is 34.4 Å². The van der Waals surface area contributed by atoms with Gasteiger partial charge in [0.15, 0.2) is 5.78 Å². The second-order valence-electron chi connectivity index (χ2n) is 3.87. The molecule has 3 nitrogen and oxygen atoms in total. The normalized spacial score (nSPS) is 10.4. The SMILES string of the molecule is O=C(CSc1cccc(F)c1)c1ccc(O)cc1O. The van der Waals surface area contributed by atoms with E-state index in [1.165, 1.54) is 36.0 Å². The van der Waals surface area contributed by atoms with E-state index in [9.17, 15) is 14.3 Å². The third-order valence-corrected chi connectivity index (χ3v) is 3.44. The molecule has 0 aliphatic carbocycles. The Morgan fingerprint density at radius 3 is 2.63 bits per heavy atom. The summed E-state index contributed by atoms with van der Waals surface area (Å²) in [6, 6.07) is 9.75. The molecule has 0 saturated heterocycles. The zero-order chi connectivity index (χ0) is 13.8. The molecule has 0 saturated carbocycles. The summed E-state index contributed by atoms with van der Waals surface area (Å²) >= 11 is 1.19. The number of hydrogen-bond donors (Lipinski definition) is 2. The van der Waals surface area contributed by atoms with Crippen LogP contribution in [0.3, 0.4) is 0 Å². The Bertz CT molecular complexity index is 613. The molecule has 2 rings (SSSR count). The molecule has 2 aromatic carbocycles. The largest absolute Gasteiger partial charge is 0.508 e. The van der Waals surface area contributed by atoms with E-state index in [1.54, 1.807) is 12.1 Å². The van der Waals surface area contributed by atoms with Gasteiger partial charge in [-0.2, -0.15) is 0 Å². The number of thioether (sulfide) groups is 1. The van der Waals surface area contributed by atoms with Crippen LogP contribution in [0.15, 0.2) is 47.4 Å². The molecule has 0 radical (unpaired) electrons. The van der Waals surface area contributed by atoms with Crippen LogP contribution < -0.4 is 0 Å². The number of halogens is 1. The van der Waals surface area contributed by atoms with E-state index >= 15 is 0 Å². The average Bonchev–Trinajstić information content (AvgIpc) is 2.36. The fourth-order valence-corrected chi connectivity index (χ4v) is 2.36. The Hall–Kier alpha value is -2.01. The summed E-state index contributed by atoms with van der Waals surface area (Å²) in [4.78, 5) is 12.5. The molecule has 0 unspecified atom stereocenters. The minimum atomic E-state index is -0.357. The highest BCUT2D eigenvalue weighted by molar-refractivity contribution is 8.00. The van der Waals surface area contributed by atoms with Crippen LogP contribution in [0.1, 0.15) is 10.4 Å². The van der Waals surface area contributed by atoms with Gasteiger partial charge in [0.25, 0.3) is 0 Å². The summed E-state index contributed by atoms with van der Waals surface area (Å²) < 4.78 is 13.0. The van der Waals surface area contributed by atoms with E-state index in [4.69, 9.17) is 5.11 Å². The van der Waals surface area contributed by atoms with Gasteiger partial charge in [-0.1, -0.05) is 6.07 Å². The van der Waals surface area contributed by atoms with Crippen LogP contribution in [0, 0.1) is 5.82 Å². The molecule has 0 fully saturated rings. The average molecular weight is 278 g/mol. The monoisotopic (exact) mass is 278 g/mol. The standard InChI is InChI=1S/C14H11FO3S/c15-9-2-1-3-11(6-9)19-8-14(18)12-5-4-10(16)7-13(12)17/h1-7,16-17H,8H2. The summed E-state index contributed by atoms with van der Waals surface area (Å²) in [7, 11) is 0. The summed E-state index contributed by atoms with van der Waals surface area (Å²) in [5.74, 6) is -0.921. The molecule has 0 amide bonds. The fraction of sp³-hybridized carbons (Fsp3) is 0.0714. The lowest BCUT2D eigenvalue weighted by molar-refractivity contribution is 0.102. The van der Waals surface area contributed by atoms with Crippen LogP contribution >= 0.6 is 11.8 Å². The number of phenolic OH excluding ortho intramolecular Hbond substituents is 2. The maximum atomic E-state index is 13.0. The number of carbonyl (C=O) groups excluding carboxylic acids is 1. The number of hydrogen-bond acceptors (Lipinski definition) is 4. The highest BCUT2D eigenvalue weighted by atomic mass is 32.2. The molecule has 0 aromatic heterocycles. The first-order valence-corrected chi connectivity index (χ1v) is 6.48. The highest BCUT2D eigenvalue weighted by Gasteiger charge is 2.12. The van der Waals surface area contributed by atoms with Crippen molar-refractivity contribution in [3.63, 3.8) is 0 Å². The summed E-state index contributed by atoms with van der Waals surface area (Å²) in [6.45, 7) is 0. The number of phenols is 2. The van der Waals surface area contributed by atoms with E-state index < -0.39 is 0 Å². The van der Waals surface area contributed by atoms with Crippen LogP contribution in [0.25, 0.3) is 0 Å². The van der Waals surface area contributed by atoms with Crippen LogP contribution in [-0.2, 0) is 0 Å². The fourth-order valence-electron chi connectivity index (χ4n) is 1.54. The molecular weight excluding hydrogens is 267 g/mol. The zero-order valence-electron chi connectivity index (χ0n) is 9.84. The first-order valence-electron chi connectivity index (χ1n) is 5.50. The third-order valence-electron chi connectivity index (χ3n) is 2.45. The lowest BCUT2D eigenvalue weighted by Crippen LogP contribution is -2.02. The first-order chi connectivity index (χ1) is 9.06. The van der Waals surface area contributed by atoms with Gasteiger partial charge < -0.3 is 10.2 Å². The minimum Gasteiger partial charge on any atom is -0.508 e. The Morgan fingerprint density at radius 1 is 1.16 bits per heavy atom. The van der Waals surface area contributed by atoms with Crippen molar-refractivity contribution >= 4 is 17.5 Å². The van der Waals surface area contributed by atoms with Gasteiger partial charge in [-0.25, -0.2) is 4.39 Å². The molecule has 0 spiro atoms. The van der Waals surface area contributed by atoms with Gasteiger partial charge in [0.1, 0.15) is 17.3 Å². The van der Waals surface area contributed by atoms with Crippen molar-refractivity contribution in [3.8, 4) is 11.5 Å². The van der Waals surface area contributed by atoms with Crippen LogP contribution in [0.4, 0.5) is 4.39 Å². The Kier molecular flexibility index (Phi) is 4.06. The Balaban J connectivity index is 2.05. The zero-order valence-corrected chi connectivity index (χ0v) is 10.7. The molecule has 19 heavy (non-hydrogen) atoms. The number of benzene rings is 2. The molecule has 2 N–H and O–H groups in total. The van der Waals surface area contributed by atoms with Crippen LogP contribution in [0.5, 0.6) is 11.5 Å². The highest BCUT2D eigenvalue weighted by Crippen LogP contribution is 2.26. The van der Waals surface area contributed by atoms with Gasteiger partial charge in [-0.3, -0.25) is 4.79 Å². The molecule has 0 heterocycles. The number of ketones is 1. The van der Waals surface area contributed by atoms with E-state index in [2.05, 4.69) is 0 Å². The molecule has 2 aromatic rings.